The van der Waals surface area contributed by atoms with E-state index >= 15 is 0 Å². The summed E-state index contributed by atoms with van der Waals surface area (Å²) in [6.07, 6.45) is 2.47. The number of hydrogen-bond acceptors (Lipinski definition) is 5. The fourth-order valence-electron chi connectivity index (χ4n) is 2.18. The minimum Gasteiger partial charge on any atom is -0.467 e. The molecule has 1 atom stereocenters. The molecule has 0 fully saturated rings. The summed E-state index contributed by atoms with van der Waals surface area (Å²) in [4.78, 5) is 22.3. The van der Waals surface area contributed by atoms with Crippen molar-refractivity contribution in [2.24, 2.45) is 0 Å². The van der Waals surface area contributed by atoms with Crippen LogP contribution < -0.4 is 10.6 Å². The first-order chi connectivity index (χ1) is 11.1. The number of para-hydroxylation sites is 2. The second-order valence-electron chi connectivity index (χ2n) is 5.11. The van der Waals surface area contributed by atoms with Gasteiger partial charge in [-0.2, -0.15) is 0 Å². The highest BCUT2D eigenvalue weighted by atomic mass is 16.6. The van der Waals surface area contributed by atoms with Crippen molar-refractivity contribution in [2.75, 3.05) is 11.9 Å². The van der Waals surface area contributed by atoms with Crippen molar-refractivity contribution in [3.05, 3.63) is 58.5 Å². The van der Waals surface area contributed by atoms with E-state index in [1.54, 1.807) is 36.6 Å². The van der Waals surface area contributed by atoms with Crippen molar-refractivity contribution in [3.8, 4) is 0 Å². The van der Waals surface area contributed by atoms with Crippen LogP contribution in [0.15, 0.2) is 47.1 Å². The zero-order valence-corrected chi connectivity index (χ0v) is 12.8. The molecule has 0 aliphatic heterocycles. The quantitative estimate of drug-likeness (QED) is 0.442. The second kappa shape index (κ2) is 7.98. The van der Waals surface area contributed by atoms with E-state index in [1.165, 1.54) is 6.07 Å². The average molecular weight is 317 g/mol. The smallest absolute Gasteiger partial charge is 0.292 e. The normalized spacial score (nSPS) is 11.7. The highest BCUT2D eigenvalue weighted by Gasteiger charge is 2.13. The predicted octanol–water partition coefficient (Wildman–Crippen LogP) is 3.26. The topological polar surface area (TPSA) is 97.4 Å². The lowest BCUT2D eigenvalue weighted by molar-refractivity contribution is -0.384. The van der Waals surface area contributed by atoms with Gasteiger partial charge in [-0.05, 0) is 31.5 Å². The van der Waals surface area contributed by atoms with E-state index in [9.17, 15) is 14.9 Å². The first kappa shape index (κ1) is 16.5. The summed E-state index contributed by atoms with van der Waals surface area (Å²) in [5, 5.41) is 16.7. The van der Waals surface area contributed by atoms with Crippen LogP contribution in [0.1, 0.15) is 31.6 Å². The maximum absolute atomic E-state index is 11.8. The number of hydrogen-bond donors (Lipinski definition) is 2. The van der Waals surface area contributed by atoms with Gasteiger partial charge in [0.05, 0.1) is 17.2 Å². The molecule has 0 saturated heterocycles. The zero-order valence-electron chi connectivity index (χ0n) is 12.8. The van der Waals surface area contributed by atoms with Gasteiger partial charge in [0.1, 0.15) is 11.4 Å². The van der Waals surface area contributed by atoms with Crippen molar-refractivity contribution >= 4 is 17.3 Å². The number of amides is 1. The highest BCUT2D eigenvalue weighted by Crippen LogP contribution is 2.23. The number of carbonyl (C=O) groups is 1. The summed E-state index contributed by atoms with van der Waals surface area (Å²) in [5.41, 5.74) is 0.491. The Bertz CT molecular complexity index is 655. The summed E-state index contributed by atoms with van der Waals surface area (Å²) >= 11 is 0. The summed E-state index contributed by atoms with van der Waals surface area (Å²) in [6.45, 7) is 2.33. The number of nitrogens with zero attached hydrogens (tertiary/aromatic N) is 1. The van der Waals surface area contributed by atoms with Crippen molar-refractivity contribution in [1.82, 2.24) is 5.32 Å². The Morgan fingerprint density at radius 3 is 2.78 bits per heavy atom. The summed E-state index contributed by atoms with van der Waals surface area (Å²) in [7, 11) is 0. The Balaban J connectivity index is 1.73. The van der Waals surface area contributed by atoms with E-state index in [1.807, 2.05) is 6.92 Å². The molecule has 0 spiro atoms. The SMILES string of the molecule is CC(NC(=O)CCCNc1ccccc1[N+](=O)[O-])c1ccco1. The largest absolute Gasteiger partial charge is 0.467 e. The van der Waals surface area contributed by atoms with Crippen LogP contribution in [0.5, 0.6) is 0 Å². The minimum absolute atomic E-state index is 0.0309. The van der Waals surface area contributed by atoms with Crippen molar-refractivity contribution in [1.29, 1.82) is 0 Å². The number of benzene rings is 1. The van der Waals surface area contributed by atoms with Gasteiger partial charge in [-0.25, -0.2) is 0 Å². The maximum atomic E-state index is 11.8. The molecule has 1 unspecified atom stereocenters. The molecule has 7 nitrogen and oxygen atoms in total. The number of nitrogens with one attached hydrogen (secondary N) is 2. The van der Waals surface area contributed by atoms with Crippen LogP contribution in [-0.4, -0.2) is 17.4 Å². The van der Waals surface area contributed by atoms with E-state index < -0.39 is 4.92 Å². The van der Waals surface area contributed by atoms with Gasteiger partial charge in [-0.3, -0.25) is 14.9 Å². The third kappa shape index (κ3) is 4.84. The zero-order chi connectivity index (χ0) is 16.7. The Labute approximate surface area is 133 Å². The molecule has 0 aliphatic carbocycles. The number of rotatable bonds is 8. The Morgan fingerprint density at radius 1 is 1.30 bits per heavy atom. The molecule has 0 bridgehead atoms. The lowest BCUT2D eigenvalue weighted by atomic mass is 10.2. The minimum atomic E-state index is -0.430. The van der Waals surface area contributed by atoms with Crippen LogP contribution in [0.3, 0.4) is 0 Å². The molecule has 1 aromatic carbocycles. The molecule has 0 aliphatic rings. The van der Waals surface area contributed by atoms with Gasteiger partial charge in [0.25, 0.3) is 5.69 Å². The number of nitro groups is 1. The van der Waals surface area contributed by atoms with Crippen molar-refractivity contribution < 1.29 is 14.1 Å². The number of carbonyl (C=O) groups excluding carboxylic acids is 1. The third-order valence-corrected chi connectivity index (χ3v) is 3.34. The lowest BCUT2D eigenvalue weighted by Crippen LogP contribution is -2.26. The first-order valence-electron chi connectivity index (χ1n) is 7.38. The predicted molar refractivity (Wildman–Crippen MR) is 86.1 cm³/mol. The number of anilines is 1. The van der Waals surface area contributed by atoms with Crippen LogP contribution >= 0.6 is 0 Å². The number of nitro benzene ring substituents is 1. The van der Waals surface area contributed by atoms with Crippen LogP contribution in [0, 0.1) is 10.1 Å². The van der Waals surface area contributed by atoms with Gasteiger partial charge in [-0.15, -0.1) is 0 Å². The fraction of sp³-hybridized carbons (Fsp3) is 0.312. The second-order valence-corrected chi connectivity index (χ2v) is 5.11. The molecule has 2 N–H and O–H groups in total. The lowest BCUT2D eigenvalue weighted by Gasteiger charge is -2.11. The van der Waals surface area contributed by atoms with E-state index in [4.69, 9.17) is 4.42 Å². The van der Waals surface area contributed by atoms with Gasteiger partial charge < -0.3 is 15.1 Å². The molecular weight excluding hydrogens is 298 g/mol. The van der Waals surface area contributed by atoms with Crippen molar-refractivity contribution in [3.63, 3.8) is 0 Å². The maximum Gasteiger partial charge on any atom is 0.292 e. The molecule has 1 aromatic heterocycles. The molecule has 1 heterocycles. The van der Waals surface area contributed by atoms with Gasteiger partial charge >= 0.3 is 0 Å². The van der Waals surface area contributed by atoms with Gasteiger partial charge in [0.2, 0.25) is 5.91 Å². The summed E-state index contributed by atoms with van der Waals surface area (Å²) in [5.74, 6) is 0.620. The molecule has 0 radical (unpaired) electrons. The molecular formula is C16H19N3O4. The van der Waals surface area contributed by atoms with Crippen LogP contribution in [-0.2, 0) is 4.79 Å². The molecule has 23 heavy (non-hydrogen) atoms. The number of furan rings is 1. The van der Waals surface area contributed by atoms with Crippen molar-refractivity contribution in [2.45, 2.75) is 25.8 Å². The van der Waals surface area contributed by atoms with Crippen LogP contribution in [0.2, 0.25) is 0 Å². The molecule has 1 amide bonds. The highest BCUT2D eigenvalue weighted by molar-refractivity contribution is 5.76. The van der Waals surface area contributed by atoms with Crippen LogP contribution in [0.4, 0.5) is 11.4 Å². The molecule has 0 saturated carbocycles. The van der Waals surface area contributed by atoms with E-state index in [2.05, 4.69) is 10.6 Å². The van der Waals surface area contributed by atoms with E-state index in [-0.39, 0.29) is 17.6 Å². The Kier molecular flexibility index (Phi) is 5.74. The summed E-state index contributed by atoms with van der Waals surface area (Å²) < 4.78 is 5.22. The molecule has 7 heteroatoms. The average Bonchev–Trinajstić information content (AvgIpc) is 3.06. The van der Waals surface area contributed by atoms with Gasteiger partial charge in [0, 0.05) is 19.0 Å². The fourth-order valence-corrected chi connectivity index (χ4v) is 2.18. The van der Waals surface area contributed by atoms with E-state index in [0.717, 1.165) is 0 Å². The van der Waals surface area contributed by atoms with Gasteiger partial charge in [-0.1, -0.05) is 12.1 Å². The van der Waals surface area contributed by atoms with Crippen LogP contribution in [0.25, 0.3) is 0 Å². The standard InChI is InChI=1S/C16H19N3O4/c1-12(15-8-5-11-23-15)18-16(20)9-4-10-17-13-6-2-3-7-14(13)19(21)22/h2-3,5-8,11-12,17H,4,9-10H2,1H3,(H,18,20). The Hall–Kier alpha value is -2.83. The summed E-state index contributed by atoms with van der Waals surface area (Å²) in [6, 6.07) is 9.84. The Morgan fingerprint density at radius 2 is 2.09 bits per heavy atom. The molecule has 122 valence electrons. The first-order valence-corrected chi connectivity index (χ1v) is 7.38. The van der Waals surface area contributed by atoms with Gasteiger partial charge in [0.15, 0.2) is 0 Å². The third-order valence-electron chi connectivity index (χ3n) is 3.34. The molecule has 2 aromatic rings. The molecule has 2 rings (SSSR count). The monoisotopic (exact) mass is 317 g/mol. The van der Waals surface area contributed by atoms with E-state index in [0.29, 0.717) is 30.8 Å².